The topological polar surface area (TPSA) is 104 Å². The molecule has 0 atom stereocenters. The minimum absolute atomic E-state index is 0.0499. The van der Waals surface area contributed by atoms with Gasteiger partial charge in [-0.2, -0.15) is 21.0 Å². The van der Waals surface area contributed by atoms with Crippen LogP contribution in [0.1, 0.15) is 5.56 Å². The van der Waals surface area contributed by atoms with Gasteiger partial charge in [0.05, 0.1) is 15.0 Å². The Hall–Kier alpha value is -4.23. The normalized spacial score (nSPS) is 10.9. The van der Waals surface area contributed by atoms with Crippen LogP contribution in [-0.4, -0.2) is 0 Å². The summed E-state index contributed by atoms with van der Waals surface area (Å²) in [7, 11) is 0. The molecule has 134 valence electrons. The summed E-state index contributed by atoms with van der Waals surface area (Å²) in [6.45, 7) is 1.94. The zero-order valence-electron chi connectivity index (χ0n) is 15.1. The van der Waals surface area contributed by atoms with Crippen LogP contribution >= 0.6 is 11.8 Å². The number of nitrogens with zero attached hydrogens (tertiary/aromatic N) is 4. The molecule has 0 unspecified atom stereocenters. The fraction of sp³-hybridized carbons (Fsp3) is 0.0435. The smallest absolute Gasteiger partial charge is 0.152 e. The van der Waals surface area contributed by atoms with Crippen LogP contribution in [0.3, 0.4) is 0 Å². The molecule has 0 radical (unpaired) electrons. The van der Waals surface area contributed by atoms with Crippen molar-refractivity contribution < 1.29 is 4.74 Å². The Kier molecular flexibility index (Phi) is 4.42. The number of ether oxygens (including phenoxy) is 1. The van der Waals surface area contributed by atoms with E-state index in [1.807, 2.05) is 49.4 Å². The van der Waals surface area contributed by atoms with E-state index >= 15 is 0 Å². The van der Waals surface area contributed by atoms with Crippen LogP contribution in [-0.2, 0) is 0 Å². The van der Waals surface area contributed by atoms with Crippen molar-refractivity contribution in [3.63, 3.8) is 0 Å². The molecule has 6 heteroatoms. The molecule has 0 saturated carbocycles. The Labute approximate surface area is 170 Å². The number of nitriles is 4. The van der Waals surface area contributed by atoms with Gasteiger partial charge in [0.15, 0.2) is 5.75 Å². The second-order valence-electron chi connectivity index (χ2n) is 6.31. The molecule has 1 aliphatic heterocycles. The lowest BCUT2D eigenvalue weighted by Gasteiger charge is -2.22. The summed E-state index contributed by atoms with van der Waals surface area (Å²) in [6.07, 6.45) is 0. The summed E-state index contributed by atoms with van der Waals surface area (Å²) in [5.74, 6) is 0.929. The van der Waals surface area contributed by atoms with Gasteiger partial charge >= 0.3 is 0 Å². The minimum atomic E-state index is -0.0869. The Morgan fingerprint density at radius 3 is 2.03 bits per heavy atom. The van der Waals surface area contributed by atoms with Crippen molar-refractivity contribution in [2.45, 2.75) is 16.7 Å². The molecule has 0 aromatic heterocycles. The second kappa shape index (κ2) is 7.06. The second-order valence-corrected chi connectivity index (χ2v) is 7.36. The van der Waals surface area contributed by atoms with Crippen molar-refractivity contribution in [3.05, 3.63) is 58.5 Å². The third-order valence-electron chi connectivity index (χ3n) is 4.60. The van der Waals surface area contributed by atoms with E-state index in [0.29, 0.717) is 37.6 Å². The van der Waals surface area contributed by atoms with Crippen LogP contribution in [0.2, 0.25) is 0 Å². The first-order valence-electron chi connectivity index (χ1n) is 8.53. The summed E-state index contributed by atoms with van der Waals surface area (Å²) < 4.78 is 6.19. The van der Waals surface area contributed by atoms with Gasteiger partial charge in [0, 0.05) is 5.22 Å². The quantitative estimate of drug-likeness (QED) is 0.452. The third-order valence-corrected chi connectivity index (χ3v) is 5.75. The molecule has 5 nitrogen and oxygen atoms in total. The molecule has 0 fully saturated rings. The molecule has 4 rings (SSSR count). The van der Waals surface area contributed by atoms with Crippen LogP contribution in [0.4, 0.5) is 0 Å². The van der Waals surface area contributed by atoms with Gasteiger partial charge in [-0.3, -0.25) is 0 Å². The number of fused-ring (bicyclic) bond motifs is 3. The Morgan fingerprint density at radius 1 is 0.828 bits per heavy atom. The summed E-state index contributed by atoms with van der Waals surface area (Å²) >= 11 is 1.36. The molecule has 0 saturated heterocycles. The van der Waals surface area contributed by atoms with Crippen molar-refractivity contribution in [3.8, 4) is 35.8 Å². The van der Waals surface area contributed by atoms with Crippen molar-refractivity contribution >= 4 is 33.7 Å². The molecule has 0 spiro atoms. The first-order valence-corrected chi connectivity index (χ1v) is 9.34. The standard InChI is InChI=1S/C23H10N4OS/c1-13-6-7-19-18(8-13)28-22-20(14(9-24)10-25)16-4-2-3-5-17(16)21(23(22)29-19)15(11-26)12-27/h2-8H,1H3. The molecule has 1 heterocycles. The maximum absolute atomic E-state index is 9.57. The number of hydrogen-bond acceptors (Lipinski definition) is 6. The van der Waals surface area contributed by atoms with Crippen LogP contribution in [0.15, 0.2) is 52.3 Å². The molecule has 0 bridgehead atoms. The third kappa shape index (κ3) is 2.77. The van der Waals surface area contributed by atoms with E-state index in [4.69, 9.17) is 4.74 Å². The molecule has 0 amide bonds. The summed E-state index contributed by atoms with van der Waals surface area (Å²) in [5.41, 5.74) is 0.865. The molecule has 1 aliphatic rings. The number of rotatable bonds is 0. The van der Waals surface area contributed by atoms with Gasteiger partial charge in [-0.15, -0.1) is 0 Å². The largest absolute Gasteiger partial charge is 0.454 e. The van der Waals surface area contributed by atoms with Gasteiger partial charge in [-0.05, 0) is 35.4 Å². The van der Waals surface area contributed by atoms with Crippen LogP contribution in [0.5, 0.6) is 11.5 Å². The molecule has 0 N–H and O–H groups in total. The fourth-order valence-corrected chi connectivity index (χ4v) is 4.46. The summed E-state index contributed by atoms with van der Waals surface area (Å²) in [4.78, 5) is 1.38. The SMILES string of the molecule is Cc1ccc2c(c1)Oc1c(c(=C(C#N)C#N)c3ccccc3c1=C(C#N)C#N)S2. The van der Waals surface area contributed by atoms with Gasteiger partial charge in [0.1, 0.15) is 41.2 Å². The van der Waals surface area contributed by atoms with Crippen molar-refractivity contribution in [2.75, 3.05) is 0 Å². The van der Waals surface area contributed by atoms with Gasteiger partial charge in [0.25, 0.3) is 0 Å². The average molecular weight is 390 g/mol. The highest BCUT2D eigenvalue weighted by Crippen LogP contribution is 2.45. The maximum atomic E-state index is 9.57. The first-order chi connectivity index (χ1) is 14.1. The van der Waals surface area contributed by atoms with Gasteiger partial charge < -0.3 is 4.74 Å². The van der Waals surface area contributed by atoms with E-state index in [1.54, 1.807) is 24.3 Å². The minimum Gasteiger partial charge on any atom is -0.454 e. The van der Waals surface area contributed by atoms with E-state index in [9.17, 15) is 21.0 Å². The predicted octanol–water partition coefficient (Wildman–Crippen LogP) is 3.80. The summed E-state index contributed by atoms with van der Waals surface area (Å²) in [5, 5.41) is 40.3. The van der Waals surface area contributed by atoms with Gasteiger partial charge in [-0.1, -0.05) is 42.1 Å². The Bertz CT molecular complexity index is 1480. The number of hydrogen-bond donors (Lipinski definition) is 0. The molecule has 3 aromatic carbocycles. The summed E-state index contributed by atoms with van der Waals surface area (Å²) in [6, 6.07) is 20.7. The zero-order valence-corrected chi connectivity index (χ0v) is 16.0. The highest BCUT2D eigenvalue weighted by molar-refractivity contribution is 7.99. The van der Waals surface area contributed by atoms with E-state index in [2.05, 4.69) is 0 Å². The fourth-order valence-electron chi connectivity index (χ4n) is 3.35. The molecular weight excluding hydrogens is 380 g/mol. The van der Waals surface area contributed by atoms with Crippen LogP contribution in [0.25, 0.3) is 21.9 Å². The first kappa shape index (κ1) is 18.1. The zero-order chi connectivity index (χ0) is 20.5. The van der Waals surface area contributed by atoms with Crippen molar-refractivity contribution in [2.24, 2.45) is 0 Å². The highest BCUT2D eigenvalue weighted by Gasteiger charge is 2.25. The van der Waals surface area contributed by atoms with Crippen LogP contribution < -0.4 is 15.2 Å². The predicted molar refractivity (Wildman–Crippen MR) is 108 cm³/mol. The molecule has 0 aliphatic carbocycles. The average Bonchev–Trinajstić information content (AvgIpc) is 2.75. The highest BCUT2D eigenvalue weighted by atomic mass is 32.2. The van der Waals surface area contributed by atoms with Gasteiger partial charge in [-0.25, -0.2) is 0 Å². The Morgan fingerprint density at radius 2 is 1.41 bits per heavy atom. The van der Waals surface area contributed by atoms with E-state index < -0.39 is 0 Å². The van der Waals surface area contributed by atoms with E-state index in [0.717, 1.165) is 10.5 Å². The number of aryl methyl sites for hydroxylation is 1. The van der Waals surface area contributed by atoms with Crippen molar-refractivity contribution in [1.29, 1.82) is 21.0 Å². The maximum Gasteiger partial charge on any atom is 0.152 e. The lowest BCUT2D eigenvalue weighted by atomic mass is 9.99. The molecule has 29 heavy (non-hydrogen) atoms. The Balaban J connectivity index is 2.34. The van der Waals surface area contributed by atoms with Crippen LogP contribution in [0, 0.1) is 52.2 Å². The van der Waals surface area contributed by atoms with Crippen molar-refractivity contribution in [1.82, 2.24) is 0 Å². The monoisotopic (exact) mass is 390 g/mol. The van der Waals surface area contributed by atoms with E-state index in [-0.39, 0.29) is 11.1 Å². The molecular formula is C23H10N4OS. The molecule has 3 aromatic rings. The lowest BCUT2D eigenvalue weighted by Crippen LogP contribution is -2.23. The number of benzene rings is 3. The van der Waals surface area contributed by atoms with Gasteiger partial charge in [0.2, 0.25) is 0 Å². The van der Waals surface area contributed by atoms with E-state index in [1.165, 1.54) is 11.8 Å². The lowest BCUT2D eigenvalue weighted by molar-refractivity contribution is 0.450.